The molecular formula is C28H44F3N5O2. The number of halogens is 3. The van der Waals surface area contributed by atoms with E-state index in [1.54, 1.807) is 0 Å². The van der Waals surface area contributed by atoms with Gasteiger partial charge in [0.25, 0.3) is 0 Å². The van der Waals surface area contributed by atoms with E-state index in [2.05, 4.69) is 20.2 Å². The van der Waals surface area contributed by atoms with Crippen LogP contribution in [-0.2, 0) is 16.4 Å². The highest BCUT2D eigenvalue weighted by molar-refractivity contribution is 5.79. The van der Waals surface area contributed by atoms with Crippen LogP contribution in [0.5, 0.6) is 0 Å². The number of hydrogen-bond acceptors (Lipinski definition) is 6. The van der Waals surface area contributed by atoms with Crippen molar-refractivity contribution in [2.24, 2.45) is 11.8 Å². The van der Waals surface area contributed by atoms with E-state index in [4.69, 9.17) is 0 Å². The summed E-state index contributed by atoms with van der Waals surface area (Å²) in [4.78, 5) is 25.2. The number of carbonyl (C=O) groups is 1. The van der Waals surface area contributed by atoms with Crippen LogP contribution < -0.4 is 10.2 Å². The number of rotatable bonds is 6. The first-order chi connectivity index (χ1) is 17.9. The Hall–Kier alpha value is -1.94. The van der Waals surface area contributed by atoms with Crippen LogP contribution in [0.2, 0.25) is 0 Å². The lowest BCUT2D eigenvalue weighted by Gasteiger charge is -2.37. The maximum atomic E-state index is 13.5. The molecule has 1 aromatic rings. The third kappa shape index (κ3) is 7.81. The van der Waals surface area contributed by atoms with Crippen molar-refractivity contribution in [2.75, 3.05) is 37.6 Å². The van der Waals surface area contributed by atoms with Gasteiger partial charge in [0, 0.05) is 49.6 Å². The number of aliphatic hydroxyl groups is 1. The minimum atomic E-state index is -4.50. The first-order valence-corrected chi connectivity index (χ1v) is 14.3. The molecule has 10 heteroatoms. The second kappa shape index (κ2) is 12.1. The van der Waals surface area contributed by atoms with Crippen molar-refractivity contribution >= 4 is 11.7 Å². The van der Waals surface area contributed by atoms with E-state index in [9.17, 15) is 23.1 Å². The van der Waals surface area contributed by atoms with Crippen molar-refractivity contribution in [3.63, 3.8) is 0 Å². The molecule has 2 N–H and O–H groups in total. The van der Waals surface area contributed by atoms with Gasteiger partial charge in [-0.3, -0.25) is 9.69 Å². The van der Waals surface area contributed by atoms with Gasteiger partial charge < -0.3 is 15.3 Å². The molecule has 1 amide bonds. The lowest BCUT2D eigenvalue weighted by Crippen LogP contribution is -2.47. The maximum absolute atomic E-state index is 13.5. The Balaban J connectivity index is 1.20. The zero-order valence-corrected chi connectivity index (χ0v) is 23.1. The van der Waals surface area contributed by atoms with E-state index in [1.165, 1.54) is 0 Å². The van der Waals surface area contributed by atoms with Crippen LogP contribution in [0.1, 0.15) is 90.1 Å². The summed E-state index contributed by atoms with van der Waals surface area (Å²) < 4.78 is 40.4. The molecule has 3 aliphatic rings. The van der Waals surface area contributed by atoms with E-state index < -0.39 is 17.3 Å². The SMILES string of the molecule is CC(C)(C)c1nc(N2CCN(CC[C@H]3CC[C@@H](NC(=O)[C@H]4CC[C@H](O)CC4)CC3)CC2)cc(C(F)(F)F)n1. The highest BCUT2D eigenvalue weighted by atomic mass is 19.4. The fourth-order valence-corrected chi connectivity index (χ4v) is 5.90. The van der Waals surface area contributed by atoms with Gasteiger partial charge in [0.15, 0.2) is 0 Å². The molecule has 0 atom stereocenters. The van der Waals surface area contributed by atoms with Gasteiger partial charge in [0.05, 0.1) is 6.10 Å². The van der Waals surface area contributed by atoms with E-state index in [1.807, 2.05) is 25.7 Å². The van der Waals surface area contributed by atoms with Gasteiger partial charge in [0.1, 0.15) is 17.3 Å². The highest BCUT2D eigenvalue weighted by Crippen LogP contribution is 2.33. The summed E-state index contributed by atoms with van der Waals surface area (Å²) in [5.74, 6) is 1.45. The second-order valence-electron chi connectivity index (χ2n) is 12.5. The Bertz CT molecular complexity index is 895. The molecule has 7 nitrogen and oxygen atoms in total. The Morgan fingerprint density at radius 2 is 1.61 bits per heavy atom. The monoisotopic (exact) mass is 539 g/mol. The Kier molecular flexibility index (Phi) is 9.22. The zero-order chi connectivity index (χ0) is 27.5. The molecular weight excluding hydrogens is 495 g/mol. The Morgan fingerprint density at radius 3 is 2.18 bits per heavy atom. The zero-order valence-electron chi connectivity index (χ0n) is 23.1. The van der Waals surface area contributed by atoms with E-state index in [0.717, 1.165) is 83.5 Å². The number of amides is 1. The lowest BCUT2D eigenvalue weighted by molar-refractivity contribution is -0.141. The molecule has 4 rings (SSSR count). The molecule has 214 valence electrons. The topological polar surface area (TPSA) is 81.6 Å². The fraction of sp³-hybridized carbons (Fsp3) is 0.821. The minimum absolute atomic E-state index is 0.0530. The van der Waals surface area contributed by atoms with Crippen LogP contribution in [0.25, 0.3) is 0 Å². The number of hydrogen-bond donors (Lipinski definition) is 2. The first kappa shape index (κ1) is 29.1. The van der Waals surface area contributed by atoms with Crippen LogP contribution in [0.15, 0.2) is 6.07 Å². The summed E-state index contributed by atoms with van der Waals surface area (Å²) in [5, 5.41) is 12.9. The van der Waals surface area contributed by atoms with Gasteiger partial charge in [-0.1, -0.05) is 20.8 Å². The van der Waals surface area contributed by atoms with Gasteiger partial charge in [-0.2, -0.15) is 13.2 Å². The number of anilines is 1. The highest BCUT2D eigenvalue weighted by Gasteiger charge is 2.36. The van der Waals surface area contributed by atoms with Gasteiger partial charge in [-0.05, 0) is 70.3 Å². The average molecular weight is 540 g/mol. The number of nitrogens with zero attached hydrogens (tertiary/aromatic N) is 4. The summed E-state index contributed by atoms with van der Waals surface area (Å²) >= 11 is 0. The minimum Gasteiger partial charge on any atom is -0.393 e. The van der Waals surface area contributed by atoms with Gasteiger partial charge in [-0.15, -0.1) is 0 Å². The van der Waals surface area contributed by atoms with Crippen LogP contribution in [0.3, 0.4) is 0 Å². The van der Waals surface area contributed by atoms with Crippen molar-refractivity contribution in [1.82, 2.24) is 20.2 Å². The van der Waals surface area contributed by atoms with Crippen molar-refractivity contribution in [3.8, 4) is 0 Å². The first-order valence-electron chi connectivity index (χ1n) is 14.3. The molecule has 1 aromatic heterocycles. The second-order valence-corrected chi connectivity index (χ2v) is 12.5. The number of nitrogens with one attached hydrogen (secondary N) is 1. The van der Waals surface area contributed by atoms with Crippen LogP contribution in [0.4, 0.5) is 19.0 Å². The summed E-state index contributed by atoms with van der Waals surface area (Å²) in [6.45, 7) is 9.38. The van der Waals surface area contributed by atoms with E-state index >= 15 is 0 Å². The summed E-state index contributed by atoms with van der Waals surface area (Å²) in [5.41, 5.74) is -1.45. The predicted molar refractivity (Wildman–Crippen MR) is 141 cm³/mol. The summed E-state index contributed by atoms with van der Waals surface area (Å²) in [6.07, 6.45) is 3.67. The molecule has 2 saturated carbocycles. The smallest absolute Gasteiger partial charge is 0.393 e. The molecule has 0 spiro atoms. The molecule has 1 aliphatic heterocycles. The van der Waals surface area contributed by atoms with Crippen molar-refractivity contribution in [1.29, 1.82) is 0 Å². The molecule has 2 aliphatic carbocycles. The summed E-state index contributed by atoms with van der Waals surface area (Å²) in [6, 6.07) is 1.35. The molecule has 38 heavy (non-hydrogen) atoms. The third-order valence-electron chi connectivity index (χ3n) is 8.48. The summed E-state index contributed by atoms with van der Waals surface area (Å²) in [7, 11) is 0. The van der Waals surface area contributed by atoms with Crippen LogP contribution >= 0.6 is 0 Å². The molecule has 3 fully saturated rings. The molecule has 0 aromatic carbocycles. The quantitative estimate of drug-likeness (QED) is 0.553. The van der Waals surface area contributed by atoms with Crippen molar-refractivity contribution in [2.45, 2.75) is 102 Å². The van der Waals surface area contributed by atoms with Crippen LogP contribution in [-0.4, -0.2) is 70.8 Å². The number of piperazine rings is 1. The molecule has 0 unspecified atom stereocenters. The van der Waals surface area contributed by atoms with E-state index in [0.29, 0.717) is 24.8 Å². The number of alkyl halides is 3. The lowest BCUT2D eigenvalue weighted by atomic mass is 9.83. The predicted octanol–water partition coefficient (Wildman–Crippen LogP) is 4.53. The Morgan fingerprint density at radius 1 is 0.974 bits per heavy atom. The normalized spacial score (nSPS) is 27.8. The molecule has 1 saturated heterocycles. The standard InChI is InChI=1S/C28H44F3N5O2/c1-27(2,3)26-33-23(28(29,30)31)18-24(34-26)36-16-14-35(15-17-36)13-12-19-4-8-21(9-5-19)32-25(38)20-6-10-22(37)11-7-20/h18-22,37H,4-17H2,1-3H3,(H,32,38)/t19-,20-,21+,22-. The van der Waals surface area contributed by atoms with Crippen molar-refractivity contribution < 1.29 is 23.1 Å². The van der Waals surface area contributed by atoms with Gasteiger partial charge >= 0.3 is 6.18 Å². The van der Waals surface area contributed by atoms with Gasteiger partial charge in [0.2, 0.25) is 5.91 Å². The van der Waals surface area contributed by atoms with Gasteiger partial charge in [-0.25, -0.2) is 9.97 Å². The fourth-order valence-electron chi connectivity index (χ4n) is 5.90. The third-order valence-corrected chi connectivity index (χ3v) is 8.48. The number of aliphatic hydroxyl groups excluding tert-OH is 1. The Labute approximate surface area is 224 Å². The van der Waals surface area contributed by atoms with Crippen molar-refractivity contribution in [3.05, 3.63) is 17.6 Å². The number of carbonyl (C=O) groups excluding carboxylic acids is 1. The molecule has 0 radical (unpaired) electrons. The van der Waals surface area contributed by atoms with E-state index in [-0.39, 0.29) is 29.8 Å². The number of aromatic nitrogens is 2. The van der Waals surface area contributed by atoms with Crippen LogP contribution in [0, 0.1) is 11.8 Å². The average Bonchev–Trinajstić information content (AvgIpc) is 2.87. The molecule has 0 bridgehead atoms. The maximum Gasteiger partial charge on any atom is 0.433 e. The largest absolute Gasteiger partial charge is 0.433 e. The molecule has 2 heterocycles.